The molecule has 0 aliphatic carbocycles. The van der Waals surface area contributed by atoms with Gasteiger partial charge < -0.3 is 10.4 Å². The Balaban J connectivity index is 1.67. The van der Waals surface area contributed by atoms with E-state index in [4.69, 9.17) is 16.7 Å². The van der Waals surface area contributed by atoms with E-state index in [1.54, 1.807) is 10.9 Å². The van der Waals surface area contributed by atoms with Gasteiger partial charge in [-0.1, -0.05) is 41.4 Å². The number of hydrogen-bond donors (Lipinski definition) is 2. The van der Waals surface area contributed by atoms with Crippen LogP contribution in [0, 0.1) is 6.92 Å². The molecule has 0 saturated carbocycles. The molecule has 0 aliphatic rings. The Morgan fingerprint density at radius 3 is 2.65 bits per heavy atom. The minimum absolute atomic E-state index is 0.0730. The molecular weight excluding hydrogens is 358 g/mol. The molecule has 26 heavy (non-hydrogen) atoms. The molecule has 1 amide bonds. The highest BCUT2D eigenvalue weighted by molar-refractivity contribution is 6.33. The van der Waals surface area contributed by atoms with Crippen molar-refractivity contribution in [3.8, 4) is 0 Å². The predicted octanol–water partition coefficient (Wildman–Crippen LogP) is 2.43. The largest absolute Gasteiger partial charge is 0.477 e. The zero-order chi connectivity index (χ0) is 18.7. The van der Waals surface area contributed by atoms with E-state index in [0.29, 0.717) is 11.6 Å². The van der Waals surface area contributed by atoms with Gasteiger partial charge in [0.1, 0.15) is 17.3 Å². The average molecular weight is 374 g/mol. The average Bonchev–Trinajstić information content (AvgIpc) is 3.17. The van der Waals surface area contributed by atoms with Crippen molar-refractivity contribution in [2.24, 2.45) is 0 Å². The van der Waals surface area contributed by atoms with Crippen molar-refractivity contribution in [1.82, 2.24) is 19.6 Å². The number of rotatable bonds is 6. The Morgan fingerprint density at radius 2 is 1.96 bits per heavy atom. The zero-order valence-corrected chi connectivity index (χ0v) is 14.6. The number of carbonyl (C=O) groups is 2. The summed E-state index contributed by atoms with van der Waals surface area (Å²) in [6, 6.07) is 9.32. The number of aromatic nitrogens is 4. The number of aromatic carboxylic acids is 1. The van der Waals surface area contributed by atoms with Gasteiger partial charge in [-0.3, -0.25) is 9.48 Å². The molecule has 3 aromatic rings. The quantitative estimate of drug-likeness (QED) is 0.690. The molecule has 3 rings (SSSR count). The molecular formula is C17H16ClN5O3. The zero-order valence-electron chi connectivity index (χ0n) is 13.9. The van der Waals surface area contributed by atoms with Crippen LogP contribution in [0.5, 0.6) is 0 Å². The van der Waals surface area contributed by atoms with Crippen LogP contribution in [0.3, 0.4) is 0 Å². The Labute approximate surface area is 154 Å². The number of aryl methyl sites for hydroxylation is 1. The summed E-state index contributed by atoms with van der Waals surface area (Å²) < 4.78 is 2.72. The number of nitrogens with zero attached hydrogens (tertiary/aromatic N) is 4. The summed E-state index contributed by atoms with van der Waals surface area (Å²) in [5, 5.41) is 20.0. The van der Waals surface area contributed by atoms with Crippen molar-refractivity contribution in [2.75, 3.05) is 5.32 Å². The van der Waals surface area contributed by atoms with Crippen molar-refractivity contribution in [3.05, 3.63) is 64.6 Å². The van der Waals surface area contributed by atoms with Gasteiger partial charge >= 0.3 is 5.97 Å². The van der Waals surface area contributed by atoms with E-state index in [0.717, 1.165) is 10.2 Å². The highest BCUT2D eigenvalue weighted by Gasteiger charge is 2.15. The lowest BCUT2D eigenvalue weighted by Crippen LogP contribution is -2.22. The minimum Gasteiger partial charge on any atom is -0.477 e. The SMILES string of the molecule is Cc1ccc(Cn2cc(Cl)c(NC(=O)Cn3nccc3C(=O)O)n2)cc1. The Kier molecular flexibility index (Phi) is 5.04. The second-order valence-electron chi connectivity index (χ2n) is 5.74. The van der Waals surface area contributed by atoms with Crippen LogP contribution in [-0.2, 0) is 17.9 Å². The van der Waals surface area contributed by atoms with Crippen LogP contribution in [0.25, 0.3) is 0 Å². The maximum Gasteiger partial charge on any atom is 0.354 e. The summed E-state index contributed by atoms with van der Waals surface area (Å²) in [5.74, 6) is -1.41. The molecule has 0 bridgehead atoms. The molecule has 9 heteroatoms. The third kappa shape index (κ3) is 4.09. The fourth-order valence-electron chi connectivity index (χ4n) is 2.39. The smallest absolute Gasteiger partial charge is 0.354 e. The first kappa shape index (κ1) is 17.7. The molecule has 2 heterocycles. The van der Waals surface area contributed by atoms with Gasteiger partial charge in [-0.2, -0.15) is 10.2 Å². The second-order valence-corrected chi connectivity index (χ2v) is 6.14. The number of amides is 1. The predicted molar refractivity (Wildman–Crippen MR) is 95.3 cm³/mol. The number of anilines is 1. The molecule has 2 N–H and O–H groups in total. The maximum absolute atomic E-state index is 12.1. The van der Waals surface area contributed by atoms with Crippen LogP contribution in [0.4, 0.5) is 5.82 Å². The first-order valence-corrected chi connectivity index (χ1v) is 8.13. The van der Waals surface area contributed by atoms with E-state index in [2.05, 4.69) is 15.5 Å². The molecule has 0 unspecified atom stereocenters. The van der Waals surface area contributed by atoms with E-state index < -0.39 is 11.9 Å². The van der Waals surface area contributed by atoms with Crippen molar-refractivity contribution < 1.29 is 14.7 Å². The summed E-state index contributed by atoms with van der Waals surface area (Å²) in [6.45, 7) is 2.27. The Morgan fingerprint density at radius 1 is 1.23 bits per heavy atom. The lowest BCUT2D eigenvalue weighted by atomic mass is 10.1. The number of halogens is 1. The Bertz CT molecular complexity index is 946. The number of nitrogens with one attached hydrogen (secondary N) is 1. The van der Waals surface area contributed by atoms with Gasteiger partial charge in [-0.25, -0.2) is 9.48 Å². The van der Waals surface area contributed by atoms with Gasteiger partial charge in [0.25, 0.3) is 0 Å². The first-order chi connectivity index (χ1) is 12.4. The van der Waals surface area contributed by atoms with Gasteiger partial charge in [-0.05, 0) is 18.6 Å². The summed E-state index contributed by atoms with van der Waals surface area (Å²) >= 11 is 6.13. The van der Waals surface area contributed by atoms with Crippen molar-refractivity contribution >= 4 is 29.3 Å². The van der Waals surface area contributed by atoms with E-state index in [-0.39, 0.29) is 18.1 Å². The summed E-state index contributed by atoms with van der Waals surface area (Å²) in [4.78, 5) is 23.2. The minimum atomic E-state index is -1.16. The second kappa shape index (κ2) is 7.40. The van der Waals surface area contributed by atoms with Crippen molar-refractivity contribution in [2.45, 2.75) is 20.0 Å². The van der Waals surface area contributed by atoms with E-state index in [1.165, 1.54) is 17.8 Å². The van der Waals surface area contributed by atoms with Gasteiger partial charge in [0.15, 0.2) is 5.82 Å². The van der Waals surface area contributed by atoms with E-state index in [1.807, 2.05) is 31.2 Å². The molecule has 0 spiro atoms. The third-order valence-electron chi connectivity index (χ3n) is 3.67. The lowest BCUT2D eigenvalue weighted by Gasteiger charge is -2.05. The van der Waals surface area contributed by atoms with E-state index in [9.17, 15) is 9.59 Å². The number of carboxylic acid groups (broad SMARTS) is 1. The maximum atomic E-state index is 12.1. The molecule has 2 aromatic heterocycles. The van der Waals surface area contributed by atoms with Crippen LogP contribution in [-0.4, -0.2) is 36.5 Å². The fourth-order valence-corrected chi connectivity index (χ4v) is 2.59. The topological polar surface area (TPSA) is 102 Å². The molecule has 0 fully saturated rings. The van der Waals surface area contributed by atoms with Crippen LogP contribution >= 0.6 is 11.6 Å². The van der Waals surface area contributed by atoms with Crippen LogP contribution in [0.1, 0.15) is 21.6 Å². The summed E-state index contributed by atoms with van der Waals surface area (Å²) in [7, 11) is 0. The summed E-state index contributed by atoms with van der Waals surface area (Å²) in [6.07, 6.45) is 2.94. The van der Waals surface area contributed by atoms with Crippen molar-refractivity contribution in [1.29, 1.82) is 0 Å². The molecule has 0 aliphatic heterocycles. The molecule has 0 saturated heterocycles. The standard InChI is InChI=1S/C17H16ClN5O3/c1-11-2-4-12(5-3-11)8-22-9-13(18)16(21-22)20-15(24)10-23-14(17(25)26)6-7-19-23/h2-7,9H,8,10H2,1H3,(H,25,26)(H,20,21,24). The number of carbonyl (C=O) groups excluding carboxylic acids is 1. The molecule has 1 aromatic carbocycles. The van der Waals surface area contributed by atoms with E-state index >= 15 is 0 Å². The van der Waals surface area contributed by atoms with Gasteiger partial charge in [-0.15, -0.1) is 0 Å². The molecule has 8 nitrogen and oxygen atoms in total. The monoisotopic (exact) mass is 373 g/mol. The van der Waals surface area contributed by atoms with Gasteiger partial charge in [0.2, 0.25) is 5.91 Å². The fraction of sp³-hybridized carbons (Fsp3) is 0.176. The third-order valence-corrected chi connectivity index (χ3v) is 3.95. The van der Waals surface area contributed by atoms with Crippen molar-refractivity contribution in [3.63, 3.8) is 0 Å². The Hall–Kier alpha value is -3.13. The van der Waals surface area contributed by atoms with Gasteiger partial charge in [0, 0.05) is 12.4 Å². The van der Waals surface area contributed by atoms with Crippen LogP contribution in [0.15, 0.2) is 42.7 Å². The number of benzene rings is 1. The summed E-state index contributed by atoms with van der Waals surface area (Å²) in [5.41, 5.74) is 2.14. The highest BCUT2D eigenvalue weighted by atomic mass is 35.5. The normalized spacial score (nSPS) is 10.7. The number of carboxylic acids is 1. The van der Waals surface area contributed by atoms with Crippen LogP contribution in [0.2, 0.25) is 5.02 Å². The highest BCUT2D eigenvalue weighted by Crippen LogP contribution is 2.20. The van der Waals surface area contributed by atoms with Gasteiger partial charge in [0.05, 0.1) is 6.54 Å². The number of hydrogen-bond acceptors (Lipinski definition) is 4. The lowest BCUT2D eigenvalue weighted by molar-refractivity contribution is -0.116. The molecule has 134 valence electrons. The molecule has 0 atom stereocenters. The molecule has 0 radical (unpaired) electrons. The van der Waals surface area contributed by atoms with Crippen LogP contribution < -0.4 is 5.32 Å². The first-order valence-electron chi connectivity index (χ1n) is 7.76.